The maximum atomic E-state index is 13.3. The Morgan fingerprint density at radius 2 is 1.93 bits per heavy atom. The van der Waals surface area contributed by atoms with E-state index in [1.165, 1.54) is 12.1 Å². The van der Waals surface area contributed by atoms with E-state index >= 15 is 0 Å². The summed E-state index contributed by atoms with van der Waals surface area (Å²) in [6, 6.07) is 9.11. The standard InChI is InChI=1S/C19H20F3N3OS/c20-19(21,22)14-5-2-1-4-12(14)11-25(13-7-8-13)18(26)16-10-15(23-24-16)17-6-3-9-27-17/h1-6,9,13,15-16,23-24H,7-8,10-11H2. The van der Waals surface area contributed by atoms with Crippen LogP contribution in [0.5, 0.6) is 0 Å². The fraction of sp³-hybridized carbons (Fsp3) is 0.421. The van der Waals surface area contributed by atoms with E-state index in [1.807, 2.05) is 17.5 Å². The third kappa shape index (κ3) is 4.02. The Bertz CT molecular complexity index is 805. The molecule has 4 nitrogen and oxygen atoms in total. The summed E-state index contributed by atoms with van der Waals surface area (Å²) in [5, 5.41) is 1.98. The number of halogens is 3. The van der Waals surface area contributed by atoms with Crippen LogP contribution in [0.2, 0.25) is 0 Å². The minimum atomic E-state index is -4.42. The molecule has 0 spiro atoms. The van der Waals surface area contributed by atoms with Crippen LogP contribution in [0.25, 0.3) is 0 Å². The van der Waals surface area contributed by atoms with E-state index in [1.54, 1.807) is 22.3 Å². The fourth-order valence-electron chi connectivity index (χ4n) is 3.49. The highest BCUT2D eigenvalue weighted by Gasteiger charge is 2.41. The van der Waals surface area contributed by atoms with Crippen LogP contribution in [-0.2, 0) is 17.5 Å². The Morgan fingerprint density at radius 1 is 1.15 bits per heavy atom. The van der Waals surface area contributed by atoms with Crippen LogP contribution >= 0.6 is 11.3 Å². The number of carbonyl (C=O) groups excluding carboxylic acids is 1. The monoisotopic (exact) mass is 395 g/mol. The van der Waals surface area contributed by atoms with Crippen molar-refractivity contribution < 1.29 is 18.0 Å². The van der Waals surface area contributed by atoms with Gasteiger partial charge in [0.05, 0.1) is 11.6 Å². The first-order valence-corrected chi connectivity index (χ1v) is 9.81. The van der Waals surface area contributed by atoms with Gasteiger partial charge in [0.15, 0.2) is 0 Å². The van der Waals surface area contributed by atoms with Gasteiger partial charge in [-0.2, -0.15) is 13.2 Å². The molecule has 1 amide bonds. The molecule has 1 saturated carbocycles. The van der Waals surface area contributed by atoms with Gasteiger partial charge in [0, 0.05) is 17.5 Å². The van der Waals surface area contributed by atoms with Crippen molar-refractivity contribution in [2.24, 2.45) is 0 Å². The molecule has 8 heteroatoms. The van der Waals surface area contributed by atoms with Crippen LogP contribution in [0.4, 0.5) is 13.2 Å². The third-order valence-corrected chi connectivity index (χ3v) is 6.01. The predicted octanol–water partition coefficient (Wildman–Crippen LogP) is 3.87. The molecule has 2 heterocycles. The molecule has 1 aromatic heterocycles. The molecule has 4 rings (SSSR count). The number of hydrazine groups is 1. The van der Waals surface area contributed by atoms with Gasteiger partial charge in [-0.1, -0.05) is 24.3 Å². The van der Waals surface area contributed by atoms with Gasteiger partial charge in [0.2, 0.25) is 5.91 Å². The maximum absolute atomic E-state index is 13.3. The molecule has 0 radical (unpaired) electrons. The van der Waals surface area contributed by atoms with E-state index in [2.05, 4.69) is 10.9 Å². The summed E-state index contributed by atoms with van der Waals surface area (Å²) in [6.07, 6.45) is -2.15. The first-order chi connectivity index (χ1) is 12.9. The zero-order valence-electron chi connectivity index (χ0n) is 14.5. The lowest BCUT2D eigenvalue weighted by molar-refractivity contribution is -0.140. The molecule has 2 aliphatic rings. The molecule has 27 heavy (non-hydrogen) atoms. The predicted molar refractivity (Wildman–Crippen MR) is 96.8 cm³/mol. The lowest BCUT2D eigenvalue weighted by atomic mass is 10.0. The van der Waals surface area contributed by atoms with Gasteiger partial charge in [-0.15, -0.1) is 11.3 Å². The Morgan fingerprint density at radius 3 is 2.59 bits per heavy atom. The highest BCUT2D eigenvalue weighted by Crippen LogP contribution is 2.36. The maximum Gasteiger partial charge on any atom is 0.416 e. The lowest BCUT2D eigenvalue weighted by Crippen LogP contribution is -2.46. The largest absolute Gasteiger partial charge is 0.416 e. The number of alkyl halides is 3. The molecule has 2 N–H and O–H groups in total. The molecule has 1 aliphatic carbocycles. The minimum Gasteiger partial charge on any atom is -0.334 e. The van der Waals surface area contributed by atoms with Crippen LogP contribution in [-0.4, -0.2) is 22.9 Å². The molecular formula is C19H20F3N3OS. The zero-order chi connectivity index (χ0) is 19.0. The van der Waals surface area contributed by atoms with E-state index in [9.17, 15) is 18.0 Å². The van der Waals surface area contributed by atoms with Crippen molar-refractivity contribution >= 4 is 17.2 Å². The minimum absolute atomic E-state index is 0.0129. The van der Waals surface area contributed by atoms with Gasteiger partial charge in [-0.05, 0) is 42.3 Å². The molecule has 1 aliphatic heterocycles. The van der Waals surface area contributed by atoms with E-state index < -0.39 is 17.8 Å². The Balaban J connectivity index is 1.50. The molecule has 144 valence electrons. The van der Waals surface area contributed by atoms with Crippen LogP contribution < -0.4 is 10.9 Å². The highest BCUT2D eigenvalue weighted by molar-refractivity contribution is 7.10. The first kappa shape index (κ1) is 18.5. The van der Waals surface area contributed by atoms with Crippen LogP contribution in [0, 0.1) is 0 Å². The second kappa shape index (κ2) is 7.26. The number of benzene rings is 1. The normalized spacial score (nSPS) is 22.8. The lowest BCUT2D eigenvalue weighted by Gasteiger charge is -2.27. The number of amides is 1. The second-order valence-electron chi connectivity index (χ2n) is 7.00. The van der Waals surface area contributed by atoms with E-state index in [4.69, 9.17) is 0 Å². The number of nitrogens with one attached hydrogen (secondary N) is 2. The van der Waals surface area contributed by atoms with Crippen molar-refractivity contribution in [3.8, 4) is 0 Å². The number of hydrogen-bond acceptors (Lipinski definition) is 4. The summed E-state index contributed by atoms with van der Waals surface area (Å²) in [6.45, 7) is -0.0129. The molecular weight excluding hydrogens is 375 g/mol. The summed E-state index contributed by atoms with van der Waals surface area (Å²) in [7, 11) is 0. The van der Waals surface area contributed by atoms with Crippen molar-refractivity contribution in [3.63, 3.8) is 0 Å². The summed E-state index contributed by atoms with van der Waals surface area (Å²) in [5.41, 5.74) is 5.64. The fourth-order valence-corrected chi connectivity index (χ4v) is 4.28. The van der Waals surface area contributed by atoms with Crippen molar-refractivity contribution in [2.75, 3.05) is 0 Å². The number of hydrogen-bond donors (Lipinski definition) is 2. The molecule has 1 saturated heterocycles. The molecule has 2 fully saturated rings. The average Bonchev–Trinajstić information content (AvgIpc) is 3.12. The Kier molecular flexibility index (Phi) is 4.96. The van der Waals surface area contributed by atoms with Gasteiger partial charge < -0.3 is 4.90 Å². The molecule has 1 aromatic carbocycles. The quantitative estimate of drug-likeness (QED) is 0.808. The van der Waals surface area contributed by atoms with Gasteiger partial charge >= 0.3 is 6.18 Å². The number of carbonyl (C=O) groups is 1. The van der Waals surface area contributed by atoms with Crippen molar-refractivity contribution in [1.82, 2.24) is 15.8 Å². The first-order valence-electron chi connectivity index (χ1n) is 8.93. The van der Waals surface area contributed by atoms with Crippen LogP contribution in [0.3, 0.4) is 0 Å². The Labute approximate surface area is 159 Å². The third-order valence-electron chi connectivity index (χ3n) is 5.02. The zero-order valence-corrected chi connectivity index (χ0v) is 15.3. The summed E-state index contributed by atoms with van der Waals surface area (Å²) in [4.78, 5) is 15.8. The molecule has 2 atom stereocenters. The summed E-state index contributed by atoms with van der Waals surface area (Å²) in [5.74, 6) is -0.138. The van der Waals surface area contributed by atoms with Crippen molar-refractivity contribution in [1.29, 1.82) is 0 Å². The van der Waals surface area contributed by atoms with Crippen molar-refractivity contribution in [3.05, 3.63) is 57.8 Å². The Hall–Kier alpha value is -1.90. The van der Waals surface area contributed by atoms with Gasteiger partial charge in [-0.3, -0.25) is 4.79 Å². The number of rotatable bonds is 5. The molecule has 0 bridgehead atoms. The highest BCUT2D eigenvalue weighted by atomic mass is 32.1. The summed E-state index contributed by atoms with van der Waals surface area (Å²) < 4.78 is 39.9. The van der Waals surface area contributed by atoms with Gasteiger partial charge in [-0.25, -0.2) is 10.9 Å². The molecule has 2 unspecified atom stereocenters. The average molecular weight is 395 g/mol. The van der Waals surface area contributed by atoms with Crippen molar-refractivity contribution in [2.45, 2.75) is 50.1 Å². The SMILES string of the molecule is O=C(C1CC(c2cccs2)NN1)N(Cc1ccccc1C(F)(F)F)C1CC1. The topological polar surface area (TPSA) is 44.4 Å². The van der Waals surface area contributed by atoms with Crippen LogP contribution in [0.15, 0.2) is 41.8 Å². The number of thiophene rings is 1. The van der Waals surface area contributed by atoms with Gasteiger partial charge in [0.1, 0.15) is 6.04 Å². The van der Waals surface area contributed by atoms with E-state index in [0.29, 0.717) is 6.42 Å². The van der Waals surface area contributed by atoms with Gasteiger partial charge in [0.25, 0.3) is 0 Å². The van der Waals surface area contributed by atoms with Crippen LogP contribution in [0.1, 0.15) is 41.3 Å². The molecule has 2 aromatic rings. The number of nitrogens with zero attached hydrogens (tertiary/aromatic N) is 1. The smallest absolute Gasteiger partial charge is 0.334 e. The van der Waals surface area contributed by atoms with E-state index in [0.717, 1.165) is 23.8 Å². The second-order valence-corrected chi connectivity index (χ2v) is 7.98. The van der Waals surface area contributed by atoms with E-state index in [-0.39, 0.29) is 30.1 Å². The summed E-state index contributed by atoms with van der Waals surface area (Å²) >= 11 is 1.62.